The number of hydrogen-bond donors (Lipinski definition) is 0. The zero-order valence-electron chi connectivity index (χ0n) is 7.45. The Bertz CT molecular complexity index is 431. The molecule has 5 heteroatoms. The lowest BCUT2D eigenvalue weighted by atomic mass is 10.1. The van der Waals surface area contributed by atoms with E-state index in [1.165, 1.54) is 18.0 Å². The summed E-state index contributed by atoms with van der Waals surface area (Å²) in [6.45, 7) is 0. The molecule has 0 spiro atoms. The first kappa shape index (κ1) is 8.80. The Labute approximate surface area is 79.3 Å². The van der Waals surface area contributed by atoms with Crippen LogP contribution < -0.4 is 4.90 Å². The molecule has 0 saturated carbocycles. The summed E-state index contributed by atoms with van der Waals surface area (Å²) in [5.41, 5.74) is 0.791. The van der Waals surface area contributed by atoms with E-state index in [1.54, 1.807) is 0 Å². The van der Waals surface area contributed by atoms with Crippen molar-refractivity contribution in [3.05, 3.63) is 28.4 Å². The van der Waals surface area contributed by atoms with E-state index in [1.807, 2.05) is 0 Å². The van der Waals surface area contributed by atoms with E-state index >= 15 is 0 Å². The highest BCUT2D eigenvalue weighted by Crippen LogP contribution is 2.33. The number of benzene rings is 1. The summed E-state index contributed by atoms with van der Waals surface area (Å²) in [6, 6.07) is 2.47. The van der Waals surface area contributed by atoms with Crippen molar-refractivity contribution in [2.24, 2.45) is 5.18 Å². The van der Waals surface area contributed by atoms with Crippen LogP contribution in [-0.2, 0) is 11.2 Å². The standard InChI is InChI=1S/C9H7FN2O2/c1-12-8(13)3-5-2-6(11-14)4-7(10)9(5)12/h2,4H,3H2,1H3. The number of carbonyl (C=O) groups is 1. The molecule has 0 unspecified atom stereocenters. The fraction of sp³-hybridized carbons (Fsp3) is 0.222. The second-order valence-electron chi connectivity index (χ2n) is 3.16. The molecule has 0 saturated heterocycles. The minimum absolute atomic E-state index is 0.0179. The Morgan fingerprint density at radius 1 is 1.50 bits per heavy atom. The SMILES string of the molecule is CN1C(=O)Cc2cc(N=O)cc(F)c21. The van der Waals surface area contributed by atoms with E-state index in [-0.39, 0.29) is 23.7 Å². The third kappa shape index (κ3) is 1.09. The van der Waals surface area contributed by atoms with Crippen molar-refractivity contribution >= 4 is 17.3 Å². The smallest absolute Gasteiger partial charge is 0.231 e. The molecule has 0 radical (unpaired) electrons. The van der Waals surface area contributed by atoms with E-state index in [2.05, 4.69) is 5.18 Å². The highest BCUT2D eigenvalue weighted by molar-refractivity contribution is 6.01. The summed E-state index contributed by atoms with van der Waals surface area (Å²) in [7, 11) is 1.51. The van der Waals surface area contributed by atoms with Crippen molar-refractivity contribution in [2.75, 3.05) is 11.9 Å². The van der Waals surface area contributed by atoms with Crippen molar-refractivity contribution < 1.29 is 9.18 Å². The molecule has 0 N–H and O–H groups in total. The van der Waals surface area contributed by atoms with Gasteiger partial charge in [-0.2, -0.15) is 0 Å². The first-order valence-corrected chi connectivity index (χ1v) is 4.06. The predicted octanol–water partition coefficient (Wildman–Crippen LogP) is 1.74. The fourth-order valence-corrected chi connectivity index (χ4v) is 1.61. The summed E-state index contributed by atoms with van der Waals surface area (Å²) in [5, 5.41) is 2.64. The number of carbonyl (C=O) groups excluding carboxylic acids is 1. The molecule has 14 heavy (non-hydrogen) atoms. The van der Waals surface area contributed by atoms with Crippen LogP contribution in [0.3, 0.4) is 0 Å². The van der Waals surface area contributed by atoms with E-state index in [0.29, 0.717) is 5.56 Å². The Hall–Kier alpha value is -1.78. The largest absolute Gasteiger partial charge is 0.312 e. The maximum Gasteiger partial charge on any atom is 0.231 e. The van der Waals surface area contributed by atoms with Crippen molar-refractivity contribution in [3.8, 4) is 0 Å². The molecule has 0 bridgehead atoms. The molecule has 4 nitrogen and oxygen atoms in total. The van der Waals surface area contributed by atoms with Crippen LogP contribution in [0.4, 0.5) is 15.8 Å². The van der Waals surface area contributed by atoms with Crippen molar-refractivity contribution in [1.29, 1.82) is 0 Å². The summed E-state index contributed by atoms with van der Waals surface area (Å²) in [6.07, 6.45) is 0.131. The zero-order chi connectivity index (χ0) is 10.3. The van der Waals surface area contributed by atoms with Crippen LogP contribution in [0.5, 0.6) is 0 Å². The van der Waals surface area contributed by atoms with E-state index in [0.717, 1.165) is 6.07 Å². The normalized spacial score (nSPS) is 14.4. The second kappa shape index (κ2) is 2.87. The average Bonchev–Trinajstić information content (AvgIpc) is 2.43. The highest BCUT2D eigenvalue weighted by atomic mass is 19.1. The monoisotopic (exact) mass is 194 g/mol. The van der Waals surface area contributed by atoms with Gasteiger partial charge in [0.05, 0.1) is 12.1 Å². The van der Waals surface area contributed by atoms with Gasteiger partial charge in [-0.1, -0.05) is 0 Å². The van der Waals surface area contributed by atoms with Gasteiger partial charge in [-0.15, -0.1) is 4.91 Å². The van der Waals surface area contributed by atoms with E-state index in [9.17, 15) is 14.1 Å². The Kier molecular flexibility index (Phi) is 1.80. The number of nitrogens with zero attached hydrogens (tertiary/aromatic N) is 2. The van der Waals surface area contributed by atoms with Gasteiger partial charge < -0.3 is 4.90 Å². The number of amides is 1. The number of hydrogen-bond acceptors (Lipinski definition) is 3. The number of rotatable bonds is 1. The minimum atomic E-state index is -0.578. The molecule has 1 amide bonds. The van der Waals surface area contributed by atoms with Crippen LogP contribution in [0.1, 0.15) is 5.56 Å². The van der Waals surface area contributed by atoms with Crippen LogP contribution in [0.25, 0.3) is 0 Å². The number of likely N-dealkylation sites (N-methyl/N-ethyl adjacent to an activating group) is 1. The van der Waals surface area contributed by atoms with Gasteiger partial charge in [-0.3, -0.25) is 4.79 Å². The second-order valence-corrected chi connectivity index (χ2v) is 3.16. The van der Waals surface area contributed by atoms with E-state index in [4.69, 9.17) is 0 Å². The topological polar surface area (TPSA) is 49.7 Å². The van der Waals surface area contributed by atoms with Crippen LogP contribution in [0.2, 0.25) is 0 Å². The Balaban J connectivity index is 2.62. The van der Waals surface area contributed by atoms with Gasteiger partial charge in [0.1, 0.15) is 11.5 Å². The Morgan fingerprint density at radius 3 is 2.86 bits per heavy atom. The summed E-state index contributed by atoms with van der Waals surface area (Å²) >= 11 is 0. The molecule has 1 aliphatic heterocycles. The lowest BCUT2D eigenvalue weighted by Crippen LogP contribution is -2.21. The minimum Gasteiger partial charge on any atom is -0.312 e. The number of halogens is 1. The van der Waals surface area contributed by atoms with Gasteiger partial charge in [0, 0.05) is 13.1 Å². The van der Waals surface area contributed by atoms with Crippen molar-refractivity contribution in [1.82, 2.24) is 0 Å². The summed E-state index contributed by atoms with van der Waals surface area (Å²) < 4.78 is 13.4. The molecule has 1 aromatic carbocycles. The van der Waals surface area contributed by atoms with Crippen LogP contribution in [0.15, 0.2) is 17.3 Å². The Morgan fingerprint density at radius 2 is 2.21 bits per heavy atom. The van der Waals surface area contributed by atoms with Gasteiger partial charge in [0.15, 0.2) is 0 Å². The van der Waals surface area contributed by atoms with Crippen LogP contribution >= 0.6 is 0 Å². The number of anilines is 1. The third-order valence-corrected chi connectivity index (χ3v) is 2.28. The molecular formula is C9H7FN2O2. The maximum absolute atomic E-state index is 13.4. The lowest BCUT2D eigenvalue weighted by molar-refractivity contribution is -0.117. The van der Waals surface area contributed by atoms with Gasteiger partial charge in [-0.05, 0) is 16.8 Å². The first-order chi connectivity index (χ1) is 6.63. The van der Waals surface area contributed by atoms with Gasteiger partial charge >= 0.3 is 0 Å². The number of fused-ring (bicyclic) bond motifs is 1. The van der Waals surface area contributed by atoms with Crippen molar-refractivity contribution in [3.63, 3.8) is 0 Å². The predicted molar refractivity (Wildman–Crippen MR) is 49.0 cm³/mol. The average molecular weight is 194 g/mol. The molecule has 0 aromatic heterocycles. The first-order valence-electron chi connectivity index (χ1n) is 4.06. The molecule has 0 atom stereocenters. The van der Waals surface area contributed by atoms with Crippen molar-refractivity contribution in [2.45, 2.75) is 6.42 Å². The number of nitroso groups, excluding NO2 is 1. The fourth-order valence-electron chi connectivity index (χ4n) is 1.61. The van der Waals surface area contributed by atoms with Gasteiger partial charge in [0.25, 0.3) is 0 Å². The summed E-state index contributed by atoms with van der Waals surface area (Å²) in [4.78, 5) is 22.7. The quantitative estimate of drug-likeness (QED) is 0.639. The van der Waals surface area contributed by atoms with Gasteiger partial charge in [0.2, 0.25) is 5.91 Å². The molecule has 1 aliphatic rings. The maximum atomic E-state index is 13.4. The molecule has 0 fully saturated rings. The summed E-state index contributed by atoms with van der Waals surface area (Å²) in [5.74, 6) is -0.757. The molecular weight excluding hydrogens is 187 g/mol. The highest BCUT2D eigenvalue weighted by Gasteiger charge is 2.27. The molecule has 72 valence electrons. The molecule has 0 aliphatic carbocycles. The van der Waals surface area contributed by atoms with Gasteiger partial charge in [-0.25, -0.2) is 4.39 Å². The van der Waals surface area contributed by atoms with Crippen LogP contribution in [-0.4, -0.2) is 13.0 Å². The lowest BCUT2D eigenvalue weighted by Gasteiger charge is -2.10. The molecule has 2 rings (SSSR count). The molecule has 1 heterocycles. The molecule has 1 aromatic rings. The third-order valence-electron chi connectivity index (χ3n) is 2.28. The van der Waals surface area contributed by atoms with E-state index < -0.39 is 5.82 Å². The zero-order valence-corrected chi connectivity index (χ0v) is 7.45. The van der Waals surface area contributed by atoms with Crippen LogP contribution in [0, 0.1) is 10.7 Å².